The summed E-state index contributed by atoms with van der Waals surface area (Å²) in [6, 6.07) is 3.99. The highest BCUT2D eigenvalue weighted by atomic mass is 16.4. The van der Waals surface area contributed by atoms with Gasteiger partial charge in [0.15, 0.2) is 5.78 Å². The molecular weight excluding hydrogens is 420 g/mol. The van der Waals surface area contributed by atoms with Gasteiger partial charge in [-0.25, -0.2) is 0 Å². The number of rotatable bonds is 4. The van der Waals surface area contributed by atoms with Crippen LogP contribution in [0.15, 0.2) is 28.2 Å². The number of carboxylic acids is 1. The van der Waals surface area contributed by atoms with E-state index in [0.29, 0.717) is 19.3 Å². The van der Waals surface area contributed by atoms with Crippen molar-refractivity contribution >= 4 is 11.8 Å². The summed E-state index contributed by atoms with van der Waals surface area (Å²) in [6.07, 6.45) is 5.12. The molecule has 33 heavy (non-hydrogen) atoms. The van der Waals surface area contributed by atoms with Gasteiger partial charge in [0.25, 0.3) is 0 Å². The molecule has 4 aliphatic rings. The van der Waals surface area contributed by atoms with Crippen LogP contribution in [-0.2, 0) is 9.59 Å². The van der Waals surface area contributed by atoms with E-state index in [2.05, 4.69) is 13.8 Å². The second-order valence-electron chi connectivity index (χ2n) is 11.7. The fourth-order valence-electron chi connectivity index (χ4n) is 8.44. The van der Waals surface area contributed by atoms with Gasteiger partial charge in [-0.1, -0.05) is 19.4 Å². The van der Waals surface area contributed by atoms with Gasteiger partial charge in [0, 0.05) is 24.2 Å². The molecule has 5 rings (SSSR count). The van der Waals surface area contributed by atoms with Crippen molar-refractivity contribution in [3.8, 4) is 0 Å². The van der Waals surface area contributed by atoms with Crippen LogP contribution in [0.4, 0.5) is 0 Å². The topological polar surface area (TPSA) is 108 Å². The van der Waals surface area contributed by atoms with E-state index in [-0.39, 0.29) is 47.7 Å². The molecule has 6 heteroatoms. The highest BCUT2D eigenvalue weighted by Gasteiger charge is 2.68. The maximum Gasteiger partial charge on any atom is 0.303 e. The number of ketones is 1. The lowest BCUT2D eigenvalue weighted by Crippen LogP contribution is -2.61. The summed E-state index contributed by atoms with van der Waals surface area (Å²) in [7, 11) is 0. The van der Waals surface area contributed by atoms with Crippen molar-refractivity contribution in [1.29, 1.82) is 0 Å². The molecule has 0 radical (unpaired) electrons. The number of aryl methyl sites for hydroxylation is 1. The average molecular weight is 457 g/mol. The largest absolute Gasteiger partial charge is 0.481 e. The molecule has 0 saturated heterocycles. The molecule has 3 saturated carbocycles. The van der Waals surface area contributed by atoms with Gasteiger partial charge >= 0.3 is 5.97 Å². The van der Waals surface area contributed by atoms with Gasteiger partial charge in [-0.15, -0.1) is 0 Å². The quantitative estimate of drug-likeness (QED) is 0.621. The lowest BCUT2D eigenvalue weighted by atomic mass is 9.43. The second kappa shape index (κ2) is 7.54. The van der Waals surface area contributed by atoms with Gasteiger partial charge in [-0.2, -0.15) is 0 Å². The van der Waals surface area contributed by atoms with E-state index in [1.54, 1.807) is 0 Å². The van der Waals surface area contributed by atoms with Crippen LogP contribution in [0.5, 0.6) is 0 Å². The number of aliphatic carboxylic acids is 1. The molecule has 1 aromatic rings. The maximum absolute atomic E-state index is 12.4. The first-order chi connectivity index (χ1) is 15.5. The maximum atomic E-state index is 12.4. The molecule has 0 aromatic carbocycles. The Kier molecular flexibility index (Phi) is 5.22. The van der Waals surface area contributed by atoms with Crippen LogP contribution in [0.3, 0.4) is 0 Å². The molecule has 3 N–H and O–H groups in total. The number of furan rings is 1. The molecule has 0 amide bonds. The SMILES string of the molecule is Cc1ccc([C@@H]2CC3=CC(=O)CC[C@]3(C)[C@@H]3[C@@H]2[C@@H]2CC[C@@](O)(CCC(=O)O)[C@@]2(C)C[C@H]3O)o1. The van der Waals surface area contributed by atoms with Crippen molar-refractivity contribution in [2.45, 2.75) is 89.8 Å². The molecule has 180 valence electrons. The Morgan fingerprint density at radius 2 is 2.00 bits per heavy atom. The van der Waals surface area contributed by atoms with Crippen molar-refractivity contribution < 1.29 is 29.3 Å². The van der Waals surface area contributed by atoms with Crippen LogP contribution in [0, 0.1) is 35.5 Å². The van der Waals surface area contributed by atoms with Gasteiger partial charge in [-0.05, 0) is 86.8 Å². The predicted molar refractivity (Wildman–Crippen MR) is 121 cm³/mol. The monoisotopic (exact) mass is 456 g/mol. The first-order valence-electron chi connectivity index (χ1n) is 12.4. The Morgan fingerprint density at radius 3 is 2.67 bits per heavy atom. The lowest BCUT2D eigenvalue weighted by Gasteiger charge is -2.62. The summed E-state index contributed by atoms with van der Waals surface area (Å²) in [5, 5.41) is 32.7. The average Bonchev–Trinajstić information content (AvgIpc) is 3.27. The highest BCUT2D eigenvalue weighted by Crippen LogP contribution is 2.70. The highest BCUT2D eigenvalue weighted by molar-refractivity contribution is 5.91. The molecular formula is C27H36O6. The third-order valence-corrected chi connectivity index (χ3v) is 10.2. The van der Waals surface area contributed by atoms with Crippen molar-refractivity contribution in [1.82, 2.24) is 0 Å². The standard InChI is InChI=1S/C27H36O6/c1-15-4-5-21(33-15)18-13-16-12-17(28)6-9-25(16,2)24-20(29)14-26(3)19(23(18)24)7-10-27(26,32)11-8-22(30)31/h4-5,12,18-20,23-24,29,32H,6-11,13-14H2,1-3H3,(H,30,31)/t18-,19-,20+,23-,24-,25-,26-,27+/m0/s1. The van der Waals surface area contributed by atoms with Gasteiger partial charge < -0.3 is 19.7 Å². The van der Waals surface area contributed by atoms with Crippen LogP contribution in [-0.4, -0.2) is 38.8 Å². The molecule has 8 atom stereocenters. The number of hydrogen-bond donors (Lipinski definition) is 3. The number of hydrogen-bond acceptors (Lipinski definition) is 5. The van der Waals surface area contributed by atoms with Crippen molar-refractivity contribution in [3.05, 3.63) is 35.3 Å². The van der Waals surface area contributed by atoms with Crippen LogP contribution in [0.1, 0.15) is 82.7 Å². The molecule has 1 aromatic heterocycles. The van der Waals surface area contributed by atoms with E-state index in [1.165, 1.54) is 0 Å². The van der Waals surface area contributed by atoms with Crippen molar-refractivity contribution in [2.75, 3.05) is 0 Å². The minimum Gasteiger partial charge on any atom is -0.481 e. The summed E-state index contributed by atoms with van der Waals surface area (Å²) in [5.41, 5.74) is -0.795. The number of carbonyl (C=O) groups excluding carboxylic acids is 1. The number of aliphatic hydroxyl groups is 2. The lowest BCUT2D eigenvalue weighted by molar-refractivity contribution is -0.180. The van der Waals surface area contributed by atoms with Gasteiger partial charge in [0.2, 0.25) is 0 Å². The molecule has 6 nitrogen and oxygen atoms in total. The summed E-state index contributed by atoms with van der Waals surface area (Å²) in [4.78, 5) is 23.7. The normalized spacial score (nSPS) is 44.6. The molecule has 1 heterocycles. The van der Waals surface area contributed by atoms with Crippen LogP contribution in [0.25, 0.3) is 0 Å². The summed E-state index contributed by atoms with van der Waals surface area (Å²) in [6.45, 7) is 6.20. The zero-order valence-corrected chi connectivity index (χ0v) is 19.8. The molecule has 0 spiro atoms. The van der Waals surface area contributed by atoms with E-state index in [9.17, 15) is 24.9 Å². The molecule has 0 aliphatic heterocycles. The van der Waals surface area contributed by atoms with E-state index in [0.717, 1.165) is 36.4 Å². The number of carboxylic acid groups (broad SMARTS) is 1. The minimum absolute atomic E-state index is 0.0232. The van der Waals surface area contributed by atoms with Gasteiger partial charge in [0.1, 0.15) is 11.5 Å². The van der Waals surface area contributed by atoms with E-state index < -0.39 is 23.1 Å². The van der Waals surface area contributed by atoms with Crippen molar-refractivity contribution in [2.24, 2.45) is 28.6 Å². The zero-order chi connectivity index (χ0) is 23.8. The van der Waals surface area contributed by atoms with E-state index in [1.807, 2.05) is 25.1 Å². The smallest absolute Gasteiger partial charge is 0.303 e. The van der Waals surface area contributed by atoms with Crippen LogP contribution >= 0.6 is 0 Å². The fourth-order valence-corrected chi connectivity index (χ4v) is 8.44. The Morgan fingerprint density at radius 1 is 1.24 bits per heavy atom. The Balaban J connectivity index is 1.61. The van der Waals surface area contributed by atoms with E-state index >= 15 is 0 Å². The number of fused-ring (bicyclic) bond motifs is 5. The summed E-state index contributed by atoms with van der Waals surface area (Å²) < 4.78 is 6.13. The van der Waals surface area contributed by atoms with Crippen LogP contribution in [0.2, 0.25) is 0 Å². The molecule has 0 bridgehead atoms. The predicted octanol–water partition coefficient (Wildman–Crippen LogP) is 4.38. The van der Waals surface area contributed by atoms with E-state index in [4.69, 9.17) is 4.42 Å². The number of aliphatic hydroxyl groups excluding tert-OH is 1. The molecule has 0 unspecified atom stereocenters. The third-order valence-electron chi connectivity index (χ3n) is 10.2. The summed E-state index contributed by atoms with van der Waals surface area (Å²) >= 11 is 0. The summed E-state index contributed by atoms with van der Waals surface area (Å²) in [5.74, 6) is 1.23. The van der Waals surface area contributed by atoms with Crippen LogP contribution < -0.4 is 0 Å². The Hall–Kier alpha value is -1.92. The first-order valence-corrected chi connectivity index (χ1v) is 12.4. The third kappa shape index (κ3) is 3.28. The minimum atomic E-state index is -1.11. The molecule has 3 fully saturated rings. The molecule has 4 aliphatic carbocycles. The van der Waals surface area contributed by atoms with Gasteiger partial charge in [-0.3, -0.25) is 9.59 Å². The van der Waals surface area contributed by atoms with Gasteiger partial charge in [0.05, 0.1) is 11.7 Å². The number of allylic oxidation sites excluding steroid dienone is 1. The van der Waals surface area contributed by atoms with Crippen molar-refractivity contribution in [3.63, 3.8) is 0 Å². The second-order valence-corrected chi connectivity index (χ2v) is 11.7. The first kappa shape index (κ1) is 22.9. The Labute approximate surface area is 195 Å². The zero-order valence-electron chi connectivity index (χ0n) is 19.8. The number of carbonyl (C=O) groups is 2. The fraction of sp³-hybridized carbons (Fsp3) is 0.704. The Bertz CT molecular complexity index is 1010.